The van der Waals surface area contributed by atoms with Crippen LogP contribution in [0.3, 0.4) is 0 Å². The third-order valence-corrected chi connectivity index (χ3v) is 2.53. The van der Waals surface area contributed by atoms with Crippen molar-refractivity contribution >= 4 is 15.9 Å². The molecule has 2 rings (SSSR count). The standard InChI is InChI=1S/C10H6BrF3N2O/c11-5-8-15-9(16-17-8)6-1-3-7(4-2-6)10(12,13)14/h1-4H,5H2. The summed E-state index contributed by atoms with van der Waals surface area (Å²) in [5.41, 5.74) is -0.223. The van der Waals surface area contributed by atoms with Crippen LogP contribution in [-0.2, 0) is 11.5 Å². The Morgan fingerprint density at radius 1 is 1.18 bits per heavy atom. The molecule has 1 aromatic heterocycles. The molecule has 1 heterocycles. The number of aromatic nitrogens is 2. The van der Waals surface area contributed by atoms with E-state index in [4.69, 9.17) is 4.52 Å². The molecular weight excluding hydrogens is 301 g/mol. The number of nitrogens with zero attached hydrogens (tertiary/aromatic N) is 2. The van der Waals surface area contributed by atoms with Crippen molar-refractivity contribution in [1.29, 1.82) is 0 Å². The molecule has 0 atom stereocenters. The minimum atomic E-state index is -4.34. The summed E-state index contributed by atoms with van der Waals surface area (Å²) in [6.07, 6.45) is -4.34. The molecule has 0 aliphatic heterocycles. The molecule has 90 valence electrons. The van der Waals surface area contributed by atoms with Gasteiger partial charge in [-0.3, -0.25) is 0 Å². The first-order valence-corrected chi connectivity index (χ1v) is 5.69. The average molecular weight is 307 g/mol. The highest BCUT2D eigenvalue weighted by Crippen LogP contribution is 2.30. The van der Waals surface area contributed by atoms with Crippen LogP contribution in [0.1, 0.15) is 11.5 Å². The van der Waals surface area contributed by atoms with Gasteiger partial charge in [-0.25, -0.2) is 0 Å². The Bertz CT molecular complexity index is 507. The van der Waals surface area contributed by atoms with Crippen LogP contribution in [0.25, 0.3) is 11.4 Å². The Labute approximate surface area is 103 Å². The van der Waals surface area contributed by atoms with E-state index < -0.39 is 11.7 Å². The maximum absolute atomic E-state index is 12.3. The Hall–Kier alpha value is -1.37. The van der Waals surface area contributed by atoms with Crippen LogP contribution in [0, 0.1) is 0 Å². The van der Waals surface area contributed by atoms with E-state index in [2.05, 4.69) is 26.1 Å². The van der Waals surface area contributed by atoms with Crippen molar-refractivity contribution in [2.24, 2.45) is 0 Å². The van der Waals surface area contributed by atoms with Crippen molar-refractivity contribution < 1.29 is 17.7 Å². The number of rotatable bonds is 2. The molecule has 7 heteroatoms. The van der Waals surface area contributed by atoms with Gasteiger partial charge in [-0.05, 0) is 12.1 Å². The SMILES string of the molecule is FC(F)(F)c1ccc(-c2noc(CBr)n2)cc1. The maximum Gasteiger partial charge on any atom is 0.416 e. The van der Waals surface area contributed by atoms with Crippen molar-refractivity contribution in [2.45, 2.75) is 11.5 Å². The molecule has 0 saturated heterocycles. The van der Waals surface area contributed by atoms with Crippen molar-refractivity contribution in [3.05, 3.63) is 35.7 Å². The highest BCUT2D eigenvalue weighted by Gasteiger charge is 2.30. The summed E-state index contributed by atoms with van der Waals surface area (Å²) in [5, 5.41) is 4.06. The lowest BCUT2D eigenvalue weighted by atomic mass is 10.1. The zero-order chi connectivity index (χ0) is 12.5. The van der Waals surface area contributed by atoms with Gasteiger partial charge in [0.15, 0.2) is 0 Å². The van der Waals surface area contributed by atoms with E-state index in [1.807, 2.05) is 0 Å². The zero-order valence-electron chi connectivity index (χ0n) is 8.33. The van der Waals surface area contributed by atoms with Gasteiger partial charge in [0.05, 0.1) is 10.9 Å². The topological polar surface area (TPSA) is 38.9 Å². The molecule has 0 saturated carbocycles. The zero-order valence-corrected chi connectivity index (χ0v) is 9.92. The minimum absolute atomic E-state index is 0.271. The molecule has 0 aliphatic rings. The van der Waals surface area contributed by atoms with Crippen molar-refractivity contribution in [3.63, 3.8) is 0 Å². The summed E-state index contributed by atoms with van der Waals surface area (Å²) in [7, 11) is 0. The molecule has 0 fully saturated rings. The Morgan fingerprint density at radius 2 is 1.82 bits per heavy atom. The molecular formula is C10H6BrF3N2O. The van der Waals surface area contributed by atoms with Gasteiger partial charge in [-0.2, -0.15) is 18.2 Å². The van der Waals surface area contributed by atoms with E-state index in [0.717, 1.165) is 12.1 Å². The van der Waals surface area contributed by atoms with Gasteiger partial charge in [0.1, 0.15) is 0 Å². The predicted molar refractivity (Wildman–Crippen MR) is 57.4 cm³/mol. The second-order valence-electron chi connectivity index (χ2n) is 3.22. The molecule has 0 spiro atoms. The summed E-state index contributed by atoms with van der Waals surface area (Å²) in [5.74, 6) is 0.646. The molecule has 0 amide bonds. The van der Waals surface area contributed by atoms with Gasteiger partial charge < -0.3 is 4.52 Å². The minimum Gasteiger partial charge on any atom is -0.338 e. The Morgan fingerprint density at radius 3 is 2.29 bits per heavy atom. The molecule has 0 N–H and O–H groups in total. The number of alkyl halides is 4. The molecule has 17 heavy (non-hydrogen) atoms. The normalized spacial score (nSPS) is 11.8. The number of hydrogen-bond acceptors (Lipinski definition) is 3. The number of benzene rings is 1. The molecule has 2 aromatic rings. The fourth-order valence-corrected chi connectivity index (χ4v) is 1.46. The van der Waals surface area contributed by atoms with Gasteiger partial charge in [-0.1, -0.05) is 33.2 Å². The lowest BCUT2D eigenvalue weighted by Crippen LogP contribution is -2.04. The summed E-state index contributed by atoms with van der Waals surface area (Å²) < 4.78 is 41.8. The van der Waals surface area contributed by atoms with Crippen LogP contribution in [0.15, 0.2) is 28.8 Å². The quantitative estimate of drug-likeness (QED) is 0.795. The van der Waals surface area contributed by atoms with Gasteiger partial charge >= 0.3 is 6.18 Å². The summed E-state index contributed by atoms with van der Waals surface area (Å²) in [6.45, 7) is 0. The third kappa shape index (κ3) is 2.66. The molecule has 3 nitrogen and oxygen atoms in total. The molecule has 0 aliphatic carbocycles. The van der Waals surface area contributed by atoms with E-state index >= 15 is 0 Å². The monoisotopic (exact) mass is 306 g/mol. The van der Waals surface area contributed by atoms with Crippen LogP contribution >= 0.6 is 15.9 Å². The molecule has 0 bridgehead atoms. The van der Waals surface area contributed by atoms with Crippen LogP contribution < -0.4 is 0 Å². The van der Waals surface area contributed by atoms with Gasteiger partial charge in [-0.15, -0.1) is 0 Å². The molecule has 0 radical (unpaired) electrons. The first-order chi connectivity index (χ1) is 8.00. The van der Waals surface area contributed by atoms with Crippen molar-refractivity contribution in [1.82, 2.24) is 10.1 Å². The highest BCUT2D eigenvalue weighted by molar-refractivity contribution is 9.08. The van der Waals surface area contributed by atoms with E-state index in [1.165, 1.54) is 12.1 Å². The van der Waals surface area contributed by atoms with Crippen LogP contribution in [0.5, 0.6) is 0 Å². The van der Waals surface area contributed by atoms with E-state index in [-0.39, 0.29) is 5.82 Å². The lowest BCUT2D eigenvalue weighted by Gasteiger charge is -2.05. The average Bonchev–Trinajstić information content (AvgIpc) is 2.76. The Kier molecular flexibility index (Phi) is 3.19. The van der Waals surface area contributed by atoms with Gasteiger partial charge in [0.2, 0.25) is 11.7 Å². The maximum atomic E-state index is 12.3. The number of hydrogen-bond donors (Lipinski definition) is 0. The van der Waals surface area contributed by atoms with E-state index in [9.17, 15) is 13.2 Å². The van der Waals surface area contributed by atoms with E-state index in [0.29, 0.717) is 16.8 Å². The lowest BCUT2D eigenvalue weighted by molar-refractivity contribution is -0.137. The fraction of sp³-hybridized carbons (Fsp3) is 0.200. The van der Waals surface area contributed by atoms with Crippen LogP contribution in [0.2, 0.25) is 0 Å². The van der Waals surface area contributed by atoms with E-state index in [1.54, 1.807) is 0 Å². The van der Waals surface area contributed by atoms with Gasteiger partial charge in [0, 0.05) is 5.56 Å². The predicted octanol–water partition coefficient (Wildman–Crippen LogP) is 3.65. The summed E-state index contributed by atoms with van der Waals surface area (Å²) in [4.78, 5) is 3.98. The third-order valence-electron chi connectivity index (χ3n) is 2.05. The van der Waals surface area contributed by atoms with Crippen molar-refractivity contribution in [3.8, 4) is 11.4 Å². The summed E-state index contributed by atoms with van der Waals surface area (Å²) in [6, 6.07) is 4.59. The Balaban J connectivity index is 2.29. The second kappa shape index (κ2) is 4.48. The van der Waals surface area contributed by atoms with Crippen LogP contribution in [0.4, 0.5) is 13.2 Å². The second-order valence-corrected chi connectivity index (χ2v) is 3.78. The smallest absolute Gasteiger partial charge is 0.338 e. The van der Waals surface area contributed by atoms with Gasteiger partial charge in [0.25, 0.3) is 0 Å². The molecule has 1 aromatic carbocycles. The largest absolute Gasteiger partial charge is 0.416 e. The van der Waals surface area contributed by atoms with Crippen molar-refractivity contribution in [2.75, 3.05) is 0 Å². The fourth-order valence-electron chi connectivity index (χ4n) is 1.23. The molecule has 0 unspecified atom stereocenters. The number of halogens is 4. The first kappa shape index (κ1) is 12.1. The first-order valence-electron chi connectivity index (χ1n) is 4.57. The van der Waals surface area contributed by atoms with Crippen LogP contribution in [-0.4, -0.2) is 10.1 Å². The summed E-state index contributed by atoms with van der Waals surface area (Å²) >= 11 is 3.14. The highest BCUT2D eigenvalue weighted by atomic mass is 79.9.